The first-order chi connectivity index (χ1) is 12.5. The van der Waals surface area contributed by atoms with E-state index in [1.807, 2.05) is 0 Å². The second-order valence-corrected chi connectivity index (χ2v) is 5.68. The lowest BCUT2D eigenvalue weighted by atomic mass is 10.1. The Bertz CT molecular complexity index is 887. The lowest BCUT2D eigenvalue weighted by Crippen LogP contribution is -2.36. The maximum atomic E-state index is 12.1. The van der Waals surface area contributed by atoms with Gasteiger partial charge in [-0.15, -0.1) is 0 Å². The molecule has 0 saturated heterocycles. The number of nitrogens with one attached hydrogen (secondary N) is 2. The van der Waals surface area contributed by atoms with Gasteiger partial charge in [0.15, 0.2) is 11.5 Å². The highest BCUT2D eigenvalue weighted by atomic mass is 16.5. The molecule has 0 bridgehead atoms. The first kappa shape index (κ1) is 17.5. The van der Waals surface area contributed by atoms with E-state index < -0.39 is 0 Å². The van der Waals surface area contributed by atoms with Gasteiger partial charge in [0, 0.05) is 18.4 Å². The summed E-state index contributed by atoms with van der Waals surface area (Å²) >= 11 is 0. The van der Waals surface area contributed by atoms with E-state index in [1.54, 1.807) is 19.1 Å². The molecule has 136 valence electrons. The summed E-state index contributed by atoms with van der Waals surface area (Å²) in [5.41, 5.74) is 3.77. The van der Waals surface area contributed by atoms with Crippen LogP contribution in [-0.2, 0) is 16.1 Å². The molecule has 9 nitrogen and oxygen atoms in total. The molecule has 0 unspecified atom stereocenters. The van der Waals surface area contributed by atoms with Crippen molar-refractivity contribution in [1.29, 1.82) is 0 Å². The van der Waals surface area contributed by atoms with Crippen molar-refractivity contribution in [1.82, 2.24) is 15.7 Å². The molecule has 2 aromatic rings. The fourth-order valence-corrected chi connectivity index (χ4v) is 2.43. The molecular weight excluding hydrogens is 340 g/mol. The molecule has 0 radical (unpaired) electrons. The maximum absolute atomic E-state index is 12.1. The highest BCUT2D eigenvalue weighted by molar-refractivity contribution is 6.39. The zero-order valence-electron chi connectivity index (χ0n) is 14.3. The topological polar surface area (TPSA) is 126 Å². The highest BCUT2D eigenvalue weighted by Crippen LogP contribution is 2.31. The summed E-state index contributed by atoms with van der Waals surface area (Å²) in [5, 5.41) is 16.1. The standard InChI is InChI=1S/C17H18N4O5/c1-9-12(8-18-16(24)11-4-6-15(23)21-20-11)19-17(26-9)10-3-5-13(22)14(7-10)25-2/h3,5,7,22H,4,6,8H2,1-2H3,(H,18,24)(H,21,23). The molecule has 26 heavy (non-hydrogen) atoms. The predicted octanol–water partition coefficient (Wildman–Crippen LogP) is 1.25. The molecule has 0 aliphatic carbocycles. The number of amides is 2. The van der Waals surface area contributed by atoms with E-state index >= 15 is 0 Å². The molecule has 2 amide bonds. The average molecular weight is 358 g/mol. The summed E-state index contributed by atoms with van der Waals surface area (Å²) < 4.78 is 10.7. The highest BCUT2D eigenvalue weighted by Gasteiger charge is 2.19. The van der Waals surface area contributed by atoms with E-state index in [-0.39, 0.29) is 36.2 Å². The van der Waals surface area contributed by atoms with Crippen molar-refractivity contribution < 1.29 is 23.8 Å². The van der Waals surface area contributed by atoms with Crippen LogP contribution >= 0.6 is 0 Å². The monoisotopic (exact) mass is 358 g/mol. The minimum atomic E-state index is -0.361. The van der Waals surface area contributed by atoms with E-state index in [2.05, 4.69) is 20.8 Å². The van der Waals surface area contributed by atoms with Crippen LogP contribution in [-0.4, -0.2) is 34.7 Å². The number of aromatic nitrogens is 1. The van der Waals surface area contributed by atoms with Crippen LogP contribution in [0.3, 0.4) is 0 Å². The van der Waals surface area contributed by atoms with E-state index in [9.17, 15) is 14.7 Å². The van der Waals surface area contributed by atoms with Gasteiger partial charge in [0.05, 0.1) is 13.7 Å². The largest absolute Gasteiger partial charge is 0.504 e. The van der Waals surface area contributed by atoms with Crippen LogP contribution in [0.25, 0.3) is 11.5 Å². The Morgan fingerprint density at radius 2 is 2.23 bits per heavy atom. The van der Waals surface area contributed by atoms with E-state index in [0.29, 0.717) is 35.1 Å². The van der Waals surface area contributed by atoms with Gasteiger partial charge in [-0.25, -0.2) is 10.4 Å². The van der Waals surface area contributed by atoms with Gasteiger partial charge < -0.3 is 19.6 Å². The minimum Gasteiger partial charge on any atom is -0.504 e. The van der Waals surface area contributed by atoms with Gasteiger partial charge in [-0.05, 0) is 25.1 Å². The smallest absolute Gasteiger partial charge is 0.267 e. The van der Waals surface area contributed by atoms with Crippen molar-refractivity contribution in [3.05, 3.63) is 29.7 Å². The fraction of sp³-hybridized carbons (Fsp3) is 0.294. The third-order valence-electron chi connectivity index (χ3n) is 3.90. The Morgan fingerprint density at radius 1 is 1.42 bits per heavy atom. The number of rotatable bonds is 5. The van der Waals surface area contributed by atoms with Crippen molar-refractivity contribution in [2.75, 3.05) is 7.11 Å². The molecule has 0 spiro atoms. The average Bonchev–Trinajstić information content (AvgIpc) is 3.01. The number of oxazole rings is 1. The molecule has 2 heterocycles. The lowest BCUT2D eigenvalue weighted by Gasteiger charge is -2.11. The maximum Gasteiger partial charge on any atom is 0.267 e. The molecule has 3 rings (SSSR count). The molecule has 9 heteroatoms. The number of hydrogen-bond donors (Lipinski definition) is 3. The number of hydrogen-bond acceptors (Lipinski definition) is 7. The molecule has 1 aliphatic rings. The normalized spacial score (nSPS) is 13.8. The number of ether oxygens (including phenoxy) is 1. The van der Waals surface area contributed by atoms with Gasteiger partial charge in [0.25, 0.3) is 5.91 Å². The Kier molecular flexibility index (Phi) is 4.87. The van der Waals surface area contributed by atoms with Crippen LogP contribution in [0.5, 0.6) is 11.5 Å². The number of carbonyl (C=O) groups is 2. The van der Waals surface area contributed by atoms with Gasteiger partial charge >= 0.3 is 0 Å². The van der Waals surface area contributed by atoms with Crippen LogP contribution in [0, 0.1) is 6.92 Å². The Labute approximate surface area is 149 Å². The van der Waals surface area contributed by atoms with Crippen molar-refractivity contribution >= 4 is 17.5 Å². The van der Waals surface area contributed by atoms with Crippen LogP contribution in [0.1, 0.15) is 24.3 Å². The molecule has 1 aromatic carbocycles. The van der Waals surface area contributed by atoms with Gasteiger partial charge in [-0.1, -0.05) is 0 Å². The third-order valence-corrected chi connectivity index (χ3v) is 3.90. The zero-order chi connectivity index (χ0) is 18.7. The van der Waals surface area contributed by atoms with E-state index in [1.165, 1.54) is 13.2 Å². The van der Waals surface area contributed by atoms with Gasteiger partial charge in [-0.2, -0.15) is 5.10 Å². The summed E-state index contributed by atoms with van der Waals surface area (Å²) in [7, 11) is 1.46. The number of aryl methyl sites for hydroxylation is 1. The second-order valence-electron chi connectivity index (χ2n) is 5.68. The van der Waals surface area contributed by atoms with Gasteiger partial charge in [0.1, 0.15) is 17.2 Å². The molecule has 1 aromatic heterocycles. The summed E-state index contributed by atoms with van der Waals surface area (Å²) in [6, 6.07) is 4.76. The number of methoxy groups -OCH3 is 1. The number of phenolic OH excluding ortho intramolecular Hbond substituents is 1. The SMILES string of the molecule is COc1cc(-c2nc(CNC(=O)C3=NNC(=O)CC3)c(C)o2)ccc1O. The first-order valence-electron chi connectivity index (χ1n) is 7.95. The predicted molar refractivity (Wildman–Crippen MR) is 91.6 cm³/mol. The van der Waals surface area contributed by atoms with Crippen molar-refractivity contribution in [3.8, 4) is 23.0 Å². The zero-order valence-corrected chi connectivity index (χ0v) is 14.3. The van der Waals surface area contributed by atoms with Crippen LogP contribution in [0.15, 0.2) is 27.7 Å². The second kappa shape index (κ2) is 7.26. The Balaban J connectivity index is 1.71. The summed E-state index contributed by atoms with van der Waals surface area (Å²) in [6.07, 6.45) is 0.538. The number of nitrogens with zero attached hydrogens (tertiary/aromatic N) is 2. The van der Waals surface area contributed by atoms with Gasteiger partial charge in [0.2, 0.25) is 11.8 Å². The summed E-state index contributed by atoms with van der Waals surface area (Å²) in [4.78, 5) is 27.5. The van der Waals surface area contributed by atoms with Crippen molar-refractivity contribution in [2.45, 2.75) is 26.3 Å². The molecule has 0 saturated carbocycles. The number of hydrazone groups is 1. The Hall–Kier alpha value is -3.36. The summed E-state index contributed by atoms with van der Waals surface area (Å²) in [6.45, 7) is 1.91. The number of carbonyl (C=O) groups excluding carboxylic acids is 2. The summed E-state index contributed by atoms with van der Waals surface area (Å²) in [5.74, 6) is 0.680. The number of aromatic hydroxyl groups is 1. The van der Waals surface area contributed by atoms with Crippen LogP contribution < -0.4 is 15.5 Å². The van der Waals surface area contributed by atoms with Gasteiger partial charge in [-0.3, -0.25) is 9.59 Å². The van der Waals surface area contributed by atoms with Crippen LogP contribution in [0.4, 0.5) is 0 Å². The fourth-order valence-electron chi connectivity index (χ4n) is 2.43. The van der Waals surface area contributed by atoms with Crippen molar-refractivity contribution in [3.63, 3.8) is 0 Å². The lowest BCUT2D eigenvalue weighted by molar-refractivity contribution is -0.121. The van der Waals surface area contributed by atoms with Crippen molar-refractivity contribution in [2.24, 2.45) is 5.10 Å². The molecular formula is C17H18N4O5. The Morgan fingerprint density at radius 3 is 2.92 bits per heavy atom. The first-order valence-corrected chi connectivity index (χ1v) is 7.95. The van der Waals surface area contributed by atoms with Crippen LogP contribution in [0.2, 0.25) is 0 Å². The minimum absolute atomic E-state index is 0.0207. The van der Waals surface area contributed by atoms with E-state index in [4.69, 9.17) is 9.15 Å². The third kappa shape index (κ3) is 3.66. The quantitative estimate of drug-likeness (QED) is 0.738. The van der Waals surface area contributed by atoms with E-state index in [0.717, 1.165) is 0 Å². The molecule has 3 N–H and O–H groups in total. The molecule has 0 atom stereocenters. The number of phenols is 1. The molecule has 1 aliphatic heterocycles. The molecule has 0 fully saturated rings. The number of benzene rings is 1.